The number of amides is 1. The largest absolute Gasteiger partial charge is 0.481 e. The zero-order chi connectivity index (χ0) is 15.8. The van der Waals surface area contributed by atoms with Crippen molar-refractivity contribution in [1.82, 2.24) is 9.97 Å². The van der Waals surface area contributed by atoms with Crippen LogP contribution in [0.5, 0.6) is 0 Å². The molecule has 8 heteroatoms. The van der Waals surface area contributed by atoms with Crippen LogP contribution in [-0.2, 0) is 9.59 Å². The lowest BCUT2D eigenvalue weighted by Crippen LogP contribution is -2.29. The Morgan fingerprint density at radius 3 is 2.43 bits per heavy atom. The quantitative estimate of drug-likeness (QED) is 0.671. The van der Waals surface area contributed by atoms with Crippen LogP contribution in [-0.4, -0.2) is 27.0 Å². The number of nitrogens with one attached hydrogen (secondary N) is 3. The molecule has 0 saturated heterocycles. The average molecular weight is 356 g/mol. The van der Waals surface area contributed by atoms with Crippen LogP contribution < -0.4 is 11.0 Å². The van der Waals surface area contributed by atoms with E-state index in [1.165, 1.54) is 13.8 Å². The minimum Gasteiger partial charge on any atom is -0.481 e. The molecule has 0 fully saturated rings. The number of carboxylic acid groups (broad SMARTS) is 1. The molecule has 0 unspecified atom stereocenters. The Balaban J connectivity index is 2.23. The van der Waals surface area contributed by atoms with E-state index in [9.17, 15) is 14.4 Å². The van der Waals surface area contributed by atoms with E-state index in [1.807, 2.05) is 0 Å². The van der Waals surface area contributed by atoms with E-state index in [0.29, 0.717) is 21.2 Å². The van der Waals surface area contributed by atoms with Gasteiger partial charge in [-0.25, -0.2) is 4.79 Å². The summed E-state index contributed by atoms with van der Waals surface area (Å²) in [5.74, 6) is -1.46. The van der Waals surface area contributed by atoms with Gasteiger partial charge < -0.3 is 20.4 Å². The second-order valence-electron chi connectivity index (χ2n) is 5.37. The molecule has 1 heterocycles. The number of anilines is 1. The van der Waals surface area contributed by atoms with Crippen LogP contribution in [0.25, 0.3) is 11.0 Å². The van der Waals surface area contributed by atoms with Crippen LogP contribution in [0.2, 0.25) is 0 Å². The smallest absolute Gasteiger partial charge is 0.323 e. The second-order valence-corrected chi connectivity index (χ2v) is 6.23. The van der Waals surface area contributed by atoms with E-state index in [2.05, 4.69) is 31.2 Å². The molecule has 1 aromatic heterocycles. The molecule has 2 rings (SSSR count). The first-order valence-electron chi connectivity index (χ1n) is 6.14. The van der Waals surface area contributed by atoms with Crippen molar-refractivity contribution in [2.45, 2.75) is 20.3 Å². The highest BCUT2D eigenvalue weighted by atomic mass is 79.9. The molecule has 0 spiro atoms. The van der Waals surface area contributed by atoms with Gasteiger partial charge in [-0.05, 0) is 41.9 Å². The van der Waals surface area contributed by atoms with Crippen LogP contribution in [0.4, 0.5) is 5.69 Å². The summed E-state index contributed by atoms with van der Waals surface area (Å²) in [7, 11) is 0. The van der Waals surface area contributed by atoms with E-state index in [-0.39, 0.29) is 12.1 Å². The van der Waals surface area contributed by atoms with Gasteiger partial charge in [0.2, 0.25) is 5.91 Å². The Morgan fingerprint density at radius 2 is 1.86 bits per heavy atom. The molecule has 4 N–H and O–H groups in total. The maximum atomic E-state index is 12.0. The van der Waals surface area contributed by atoms with Crippen molar-refractivity contribution in [2.75, 3.05) is 5.32 Å². The fourth-order valence-corrected chi connectivity index (χ4v) is 2.27. The monoisotopic (exact) mass is 355 g/mol. The van der Waals surface area contributed by atoms with Gasteiger partial charge >= 0.3 is 11.7 Å². The summed E-state index contributed by atoms with van der Waals surface area (Å²) in [4.78, 5) is 39.4. The summed E-state index contributed by atoms with van der Waals surface area (Å²) < 4.78 is 0.590. The standard InChI is InChI=1S/C13H14BrN3O4/c1-13(2,11(19)20)5-10(18)15-7-4-9-8(3-6(7)14)16-12(21)17-9/h3-4H,5H2,1-2H3,(H,15,18)(H,19,20)(H2,16,17,21). The lowest BCUT2D eigenvalue weighted by Gasteiger charge is -2.18. The fraction of sp³-hybridized carbons (Fsp3) is 0.308. The van der Waals surface area contributed by atoms with Crippen LogP contribution in [0.15, 0.2) is 21.4 Å². The minimum absolute atomic E-state index is 0.156. The molecule has 7 nitrogen and oxygen atoms in total. The highest BCUT2D eigenvalue weighted by Gasteiger charge is 2.30. The minimum atomic E-state index is -1.15. The highest BCUT2D eigenvalue weighted by molar-refractivity contribution is 9.10. The Labute approximate surface area is 127 Å². The number of hydrogen-bond donors (Lipinski definition) is 4. The third-order valence-electron chi connectivity index (χ3n) is 3.06. The van der Waals surface area contributed by atoms with Gasteiger partial charge in [-0.1, -0.05) is 0 Å². The summed E-state index contributed by atoms with van der Waals surface area (Å²) in [6.45, 7) is 2.97. The molecule has 2 aromatic rings. The van der Waals surface area contributed by atoms with E-state index in [1.54, 1.807) is 12.1 Å². The van der Waals surface area contributed by atoms with E-state index in [4.69, 9.17) is 5.11 Å². The summed E-state index contributed by atoms with van der Waals surface area (Å²) >= 11 is 3.30. The number of rotatable bonds is 4. The molecule has 0 atom stereocenters. The van der Waals surface area contributed by atoms with Crippen molar-refractivity contribution < 1.29 is 14.7 Å². The third kappa shape index (κ3) is 3.33. The maximum Gasteiger partial charge on any atom is 0.323 e. The predicted octanol–water partition coefficient (Wildman–Crippen LogP) is 2.06. The van der Waals surface area contributed by atoms with Crippen LogP contribution in [0.1, 0.15) is 20.3 Å². The molecule has 112 valence electrons. The Hall–Kier alpha value is -2.09. The van der Waals surface area contributed by atoms with Gasteiger partial charge in [0.1, 0.15) is 0 Å². The van der Waals surface area contributed by atoms with E-state index in [0.717, 1.165) is 0 Å². The molecular formula is C13H14BrN3O4. The van der Waals surface area contributed by atoms with Gasteiger partial charge in [0.05, 0.1) is 22.1 Å². The first-order valence-corrected chi connectivity index (χ1v) is 6.93. The summed E-state index contributed by atoms with van der Waals surface area (Å²) in [5, 5.41) is 11.7. The lowest BCUT2D eigenvalue weighted by atomic mass is 9.89. The number of carbonyl (C=O) groups is 2. The molecular weight excluding hydrogens is 342 g/mol. The van der Waals surface area contributed by atoms with Gasteiger partial charge in [-0.2, -0.15) is 0 Å². The van der Waals surface area contributed by atoms with Gasteiger partial charge in [-0.3, -0.25) is 9.59 Å². The molecule has 0 aliphatic carbocycles. The number of halogens is 1. The van der Waals surface area contributed by atoms with Crippen LogP contribution in [0.3, 0.4) is 0 Å². The Bertz CT molecular complexity index is 775. The molecule has 0 aliphatic rings. The van der Waals surface area contributed by atoms with Gasteiger partial charge in [-0.15, -0.1) is 0 Å². The van der Waals surface area contributed by atoms with Crippen molar-refractivity contribution in [3.05, 3.63) is 27.1 Å². The number of imidazole rings is 1. The van der Waals surface area contributed by atoms with Gasteiger partial charge in [0.15, 0.2) is 0 Å². The first-order chi connectivity index (χ1) is 9.69. The number of aliphatic carboxylic acids is 1. The molecule has 0 aliphatic heterocycles. The van der Waals surface area contributed by atoms with Crippen molar-refractivity contribution >= 4 is 44.5 Å². The summed E-state index contributed by atoms with van der Waals surface area (Å²) in [6, 6.07) is 3.26. The zero-order valence-electron chi connectivity index (χ0n) is 11.4. The highest BCUT2D eigenvalue weighted by Crippen LogP contribution is 2.28. The number of carbonyl (C=O) groups excluding carboxylic acids is 1. The predicted molar refractivity (Wildman–Crippen MR) is 81.3 cm³/mol. The topological polar surface area (TPSA) is 115 Å². The molecule has 0 radical (unpaired) electrons. The third-order valence-corrected chi connectivity index (χ3v) is 3.72. The lowest BCUT2D eigenvalue weighted by molar-refractivity contribution is -0.148. The number of carboxylic acids is 1. The molecule has 1 aromatic carbocycles. The van der Waals surface area contributed by atoms with Gasteiger partial charge in [0, 0.05) is 10.9 Å². The van der Waals surface area contributed by atoms with Crippen molar-refractivity contribution in [3.8, 4) is 0 Å². The number of aromatic nitrogens is 2. The number of aromatic amines is 2. The van der Waals surface area contributed by atoms with Crippen molar-refractivity contribution in [2.24, 2.45) is 5.41 Å². The van der Waals surface area contributed by atoms with Crippen LogP contribution in [0, 0.1) is 5.41 Å². The SMILES string of the molecule is CC(C)(CC(=O)Nc1cc2[nH]c(=O)[nH]c2cc1Br)C(=O)O. The van der Waals surface area contributed by atoms with Crippen LogP contribution >= 0.6 is 15.9 Å². The Kier molecular flexibility index (Phi) is 3.91. The zero-order valence-corrected chi connectivity index (χ0v) is 13.0. The molecule has 1 amide bonds. The molecule has 0 bridgehead atoms. The first kappa shape index (κ1) is 15.3. The van der Waals surface area contributed by atoms with Crippen molar-refractivity contribution in [3.63, 3.8) is 0 Å². The summed E-state index contributed by atoms with van der Waals surface area (Å²) in [5.41, 5.74) is 0.131. The Morgan fingerprint density at radius 1 is 1.29 bits per heavy atom. The summed E-state index contributed by atoms with van der Waals surface area (Å²) in [6.07, 6.45) is -0.156. The molecule has 0 saturated carbocycles. The maximum absolute atomic E-state index is 12.0. The second kappa shape index (κ2) is 5.36. The number of benzene rings is 1. The normalized spacial score (nSPS) is 11.6. The van der Waals surface area contributed by atoms with Crippen molar-refractivity contribution in [1.29, 1.82) is 0 Å². The van der Waals surface area contributed by atoms with E-state index >= 15 is 0 Å². The molecule has 21 heavy (non-hydrogen) atoms. The number of fused-ring (bicyclic) bond motifs is 1. The number of hydrogen-bond acceptors (Lipinski definition) is 3. The average Bonchev–Trinajstić information content (AvgIpc) is 2.67. The van der Waals surface area contributed by atoms with Gasteiger partial charge in [0.25, 0.3) is 0 Å². The van der Waals surface area contributed by atoms with E-state index < -0.39 is 17.3 Å². The number of H-pyrrole nitrogens is 2. The fourth-order valence-electron chi connectivity index (χ4n) is 1.82.